The van der Waals surface area contributed by atoms with Crippen LogP contribution in [0, 0.1) is 0 Å². The van der Waals surface area contributed by atoms with E-state index in [0.717, 1.165) is 10.3 Å². The molecule has 2 rings (SSSR count). The van der Waals surface area contributed by atoms with E-state index < -0.39 is 11.3 Å². The third-order valence-electron chi connectivity index (χ3n) is 1.39. The maximum atomic E-state index is 10.6. The Kier molecular flexibility index (Phi) is 1.98. The lowest BCUT2D eigenvalue weighted by Gasteiger charge is -2.04. The molecule has 0 saturated heterocycles. The molecule has 1 atom stereocenters. The van der Waals surface area contributed by atoms with Gasteiger partial charge in [-0.25, -0.2) is 13.9 Å². The molecule has 2 aromatic heterocycles. The fourth-order valence-electron chi connectivity index (χ4n) is 0.877. The molecule has 0 aliphatic rings. The van der Waals surface area contributed by atoms with Crippen molar-refractivity contribution in [2.24, 2.45) is 0 Å². The Balaban J connectivity index is 2.79. The van der Waals surface area contributed by atoms with Gasteiger partial charge in [0.1, 0.15) is 11.8 Å². The van der Waals surface area contributed by atoms with E-state index in [-0.39, 0.29) is 10.9 Å². The molecule has 0 radical (unpaired) electrons. The van der Waals surface area contributed by atoms with Gasteiger partial charge in [-0.1, -0.05) is 0 Å². The van der Waals surface area contributed by atoms with Gasteiger partial charge in [0.25, 0.3) is 0 Å². The molecule has 0 aromatic carbocycles. The predicted molar refractivity (Wildman–Crippen MR) is 44.7 cm³/mol. The number of fused-ring (bicyclic) bond motifs is 1. The molecular formula is C5H2ClN4O2S-. The van der Waals surface area contributed by atoms with Crippen LogP contribution in [0.3, 0.4) is 0 Å². The highest BCUT2D eigenvalue weighted by molar-refractivity contribution is 7.77. The monoisotopic (exact) mass is 217 g/mol. The first-order valence-corrected chi connectivity index (χ1v) is 4.55. The molecule has 1 unspecified atom stereocenters. The SMILES string of the molecule is O=S([O-])n1cnc2cnc(Cl)nc21. The predicted octanol–water partition coefficient (Wildman–Crippen LogP) is 0.122. The van der Waals surface area contributed by atoms with Crippen molar-refractivity contribution in [1.29, 1.82) is 0 Å². The van der Waals surface area contributed by atoms with Crippen LogP contribution in [0.4, 0.5) is 0 Å². The first-order valence-electron chi connectivity index (χ1n) is 3.14. The summed E-state index contributed by atoms with van der Waals surface area (Å²) in [5.74, 6) is 0. The lowest BCUT2D eigenvalue weighted by atomic mass is 10.6. The van der Waals surface area contributed by atoms with Crippen molar-refractivity contribution in [3.8, 4) is 0 Å². The van der Waals surface area contributed by atoms with Crippen LogP contribution in [0.15, 0.2) is 12.5 Å². The summed E-state index contributed by atoms with van der Waals surface area (Å²) in [6.45, 7) is 0. The maximum Gasteiger partial charge on any atom is 0.224 e. The number of hydrogen-bond donors (Lipinski definition) is 0. The molecule has 0 amide bonds. The highest BCUT2D eigenvalue weighted by Crippen LogP contribution is 2.11. The van der Waals surface area contributed by atoms with Gasteiger partial charge >= 0.3 is 0 Å². The number of rotatable bonds is 1. The molecule has 0 saturated carbocycles. The molecule has 0 bridgehead atoms. The molecule has 0 aliphatic heterocycles. The minimum atomic E-state index is -2.43. The molecular weight excluding hydrogens is 216 g/mol. The summed E-state index contributed by atoms with van der Waals surface area (Å²) in [6.07, 6.45) is 2.49. The van der Waals surface area contributed by atoms with Crippen molar-refractivity contribution >= 4 is 34.0 Å². The normalized spacial score (nSPS) is 13.4. The van der Waals surface area contributed by atoms with E-state index in [9.17, 15) is 8.76 Å². The lowest BCUT2D eigenvalue weighted by molar-refractivity contribution is 0.529. The number of halogens is 1. The Labute approximate surface area is 80.0 Å². The number of nitrogens with zero attached hydrogens (tertiary/aromatic N) is 4. The van der Waals surface area contributed by atoms with Crippen LogP contribution >= 0.6 is 11.6 Å². The van der Waals surface area contributed by atoms with Crippen molar-refractivity contribution < 1.29 is 8.76 Å². The molecule has 6 nitrogen and oxygen atoms in total. The summed E-state index contributed by atoms with van der Waals surface area (Å²) in [7, 11) is 0. The van der Waals surface area contributed by atoms with E-state index in [1.807, 2.05) is 0 Å². The average molecular weight is 218 g/mol. The average Bonchev–Trinajstić information content (AvgIpc) is 2.46. The third kappa shape index (κ3) is 1.41. The van der Waals surface area contributed by atoms with Gasteiger partial charge in [-0.05, 0) is 11.6 Å². The maximum absolute atomic E-state index is 10.6. The Hall–Kier alpha value is -1.05. The van der Waals surface area contributed by atoms with Crippen molar-refractivity contribution in [3.63, 3.8) is 0 Å². The summed E-state index contributed by atoms with van der Waals surface area (Å²) in [5.41, 5.74) is 0.557. The molecule has 0 N–H and O–H groups in total. The van der Waals surface area contributed by atoms with Crippen LogP contribution in [0.1, 0.15) is 0 Å². The van der Waals surface area contributed by atoms with Gasteiger partial charge in [-0.15, -0.1) is 0 Å². The van der Waals surface area contributed by atoms with Crippen LogP contribution in [-0.4, -0.2) is 27.7 Å². The molecule has 0 spiro atoms. The first-order chi connectivity index (χ1) is 6.18. The van der Waals surface area contributed by atoms with Crippen molar-refractivity contribution in [3.05, 3.63) is 17.8 Å². The first kappa shape index (κ1) is 8.54. The van der Waals surface area contributed by atoms with Gasteiger partial charge in [0.05, 0.1) is 17.5 Å². The molecule has 2 aromatic rings. The fourth-order valence-corrected chi connectivity index (χ4v) is 1.41. The highest BCUT2D eigenvalue weighted by atomic mass is 35.5. The second-order valence-electron chi connectivity index (χ2n) is 2.14. The van der Waals surface area contributed by atoms with Gasteiger partial charge in [-0.2, -0.15) is 4.98 Å². The van der Waals surface area contributed by atoms with Crippen LogP contribution in [-0.2, 0) is 11.3 Å². The molecule has 0 aliphatic carbocycles. The Bertz CT molecular complexity index is 484. The molecule has 13 heavy (non-hydrogen) atoms. The van der Waals surface area contributed by atoms with Crippen LogP contribution in [0.5, 0.6) is 0 Å². The van der Waals surface area contributed by atoms with E-state index in [1.165, 1.54) is 6.20 Å². The van der Waals surface area contributed by atoms with Crippen LogP contribution in [0.2, 0.25) is 5.28 Å². The number of aromatic nitrogens is 4. The van der Waals surface area contributed by atoms with Gasteiger partial charge < -0.3 is 4.55 Å². The summed E-state index contributed by atoms with van der Waals surface area (Å²) in [6, 6.07) is 0. The number of hydrogen-bond acceptors (Lipinski definition) is 5. The van der Waals surface area contributed by atoms with Crippen LogP contribution in [0.25, 0.3) is 11.2 Å². The Morgan fingerprint density at radius 3 is 3.00 bits per heavy atom. The van der Waals surface area contributed by atoms with E-state index >= 15 is 0 Å². The van der Waals surface area contributed by atoms with Crippen molar-refractivity contribution in [2.45, 2.75) is 0 Å². The molecule has 68 valence electrons. The van der Waals surface area contributed by atoms with Gasteiger partial charge in [-0.3, -0.25) is 4.21 Å². The Morgan fingerprint density at radius 2 is 2.31 bits per heavy atom. The summed E-state index contributed by atoms with van der Waals surface area (Å²) in [4.78, 5) is 11.1. The standard InChI is InChI=1S/C5H3ClN4O2S/c6-5-7-1-3-4(9-5)10(2-8-3)13(11)12/h1-2H,(H,11,12)/p-1. The van der Waals surface area contributed by atoms with E-state index in [1.54, 1.807) is 0 Å². The summed E-state index contributed by atoms with van der Waals surface area (Å²) in [5, 5.41) is -0.0142. The van der Waals surface area contributed by atoms with Gasteiger partial charge in [0, 0.05) is 0 Å². The second kappa shape index (κ2) is 3.02. The van der Waals surface area contributed by atoms with Gasteiger partial charge in [0.15, 0.2) is 5.65 Å². The molecule has 0 fully saturated rings. The topological polar surface area (TPSA) is 83.7 Å². The highest BCUT2D eigenvalue weighted by Gasteiger charge is 2.05. The van der Waals surface area contributed by atoms with E-state index in [0.29, 0.717) is 5.52 Å². The lowest BCUT2D eigenvalue weighted by Crippen LogP contribution is -2.02. The molecule has 8 heteroatoms. The fraction of sp³-hybridized carbons (Fsp3) is 0. The molecule has 2 heterocycles. The summed E-state index contributed by atoms with van der Waals surface area (Å²) >= 11 is 3.06. The Morgan fingerprint density at radius 1 is 1.54 bits per heavy atom. The zero-order chi connectivity index (χ0) is 9.42. The van der Waals surface area contributed by atoms with Gasteiger partial charge in [0.2, 0.25) is 5.28 Å². The van der Waals surface area contributed by atoms with Crippen molar-refractivity contribution in [1.82, 2.24) is 18.9 Å². The largest absolute Gasteiger partial charge is 0.755 e. The minimum Gasteiger partial charge on any atom is -0.755 e. The third-order valence-corrected chi connectivity index (χ3v) is 2.16. The zero-order valence-corrected chi connectivity index (χ0v) is 7.62. The van der Waals surface area contributed by atoms with Crippen LogP contribution < -0.4 is 0 Å². The smallest absolute Gasteiger partial charge is 0.224 e. The summed E-state index contributed by atoms with van der Waals surface area (Å²) < 4.78 is 22.1. The van der Waals surface area contributed by atoms with E-state index in [2.05, 4.69) is 15.0 Å². The van der Waals surface area contributed by atoms with Crippen molar-refractivity contribution in [2.75, 3.05) is 0 Å². The minimum absolute atomic E-state index is 0.0142. The zero-order valence-electron chi connectivity index (χ0n) is 6.05. The van der Waals surface area contributed by atoms with E-state index in [4.69, 9.17) is 11.6 Å². The second-order valence-corrected chi connectivity index (χ2v) is 3.30. The number of imidazole rings is 1. The quantitative estimate of drug-likeness (QED) is 0.501.